The van der Waals surface area contributed by atoms with Crippen molar-refractivity contribution in [1.29, 1.82) is 0 Å². The molecule has 3 aromatic carbocycles. The molecule has 1 atom stereocenters. The molecule has 1 aliphatic heterocycles. The van der Waals surface area contributed by atoms with Crippen molar-refractivity contribution in [2.45, 2.75) is 12.3 Å². The monoisotopic (exact) mass is 476 g/mol. The zero-order valence-electron chi connectivity index (χ0n) is 18.1. The van der Waals surface area contributed by atoms with Crippen molar-refractivity contribution >= 4 is 27.7 Å². The Morgan fingerprint density at radius 2 is 1.81 bits per heavy atom. The van der Waals surface area contributed by atoms with Crippen LogP contribution in [-0.4, -0.2) is 43.7 Å². The molecule has 1 N–H and O–H groups in total. The lowest BCUT2D eigenvalue weighted by atomic mass is 9.88. The molecule has 3 nitrogen and oxygen atoms in total. The first-order chi connectivity index (χ1) is 15.0. The Kier molecular flexibility index (Phi) is 6.79. The van der Waals surface area contributed by atoms with Gasteiger partial charge in [-0.15, -0.1) is 0 Å². The van der Waals surface area contributed by atoms with Gasteiger partial charge < -0.3 is 10.0 Å². The van der Waals surface area contributed by atoms with Crippen molar-refractivity contribution in [3.8, 4) is 5.75 Å². The third-order valence-electron chi connectivity index (χ3n) is 6.01. The van der Waals surface area contributed by atoms with Gasteiger partial charge in [-0.2, -0.15) is 0 Å². The summed E-state index contributed by atoms with van der Waals surface area (Å²) in [6.07, 6.45) is 5.44. The van der Waals surface area contributed by atoms with Gasteiger partial charge in [0.2, 0.25) is 0 Å². The molecule has 0 fully saturated rings. The summed E-state index contributed by atoms with van der Waals surface area (Å²) in [5.74, 6) is 0.555. The Morgan fingerprint density at radius 1 is 1.06 bits per heavy atom. The second kappa shape index (κ2) is 9.71. The van der Waals surface area contributed by atoms with Crippen LogP contribution in [0.4, 0.5) is 5.69 Å². The fourth-order valence-electron chi connectivity index (χ4n) is 4.24. The maximum atomic E-state index is 10.3. The molecule has 160 valence electrons. The first-order valence-electron chi connectivity index (χ1n) is 10.7. The van der Waals surface area contributed by atoms with Gasteiger partial charge in [-0.25, -0.2) is 0 Å². The molecule has 0 saturated carbocycles. The number of phenols is 1. The summed E-state index contributed by atoms with van der Waals surface area (Å²) < 4.78 is 0.771. The van der Waals surface area contributed by atoms with Crippen LogP contribution in [0, 0.1) is 0 Å². The molecule has 0 radical (unpaired) electrons. The fourth-order valence-corrected chi connectivity index (χ4v) is 4.63. The van der Waals surface area contributed by atoms with E-state index in [4.69, 9.17) is 0 Å². The highest BCUT2D eigenvalue weighted by molar-refractivity contribution is 9.10. The Balaban J connectivity index is 1.54. The highest BCUT2D eigenvalue weighted by Crippen LogP contribution is 2.37. The minimum Gasteiger partial charge on any atom is -0.507 e. The molecule has 3 aromatic rings. The molecular formula is C27H29BrN2O. The average Bonchev–Trinajstić information content (AvgIpc) is 2.95. The summed E-state index contributed by atoms with van der Waals surface area (Å²) in [7, 11) is 4.12. The molecule has 0 bridgehead atoms. The van der Waals surface area contributed by atoms with E-state index < -0.39 is 0 Å². The van der Waals surface area contributed by atoms with E-state index in [0.717, 1.165) is 30.5 Å². The van der Waals surface area contributed by atoms with Crippen LogP contribution < -0.4 is 4.90 Å². The van der Waals surface area contributed by atoms with E-state index in [1.54, 1.807) is 0 Å². The molecule has 4 rings (SSSR count). The Bertz CT molecular complexity index is 1040. The van der Waals surface area contributed by atoms with Crippen LogP contribution in [0.5, 0.6) is 5.75 Å². The van der Waals surface area contributed by atoms with Crippen LogP contribution in [0.3, 0.4) is 0 Å². The lowest BCUT2D eigenvalue weighted by Gasteiger charge is -2.24. The zero-order valence-corrected chi connectivity index (χ0v) is 19.7. The Hall–Kier alpha value is -2.56. The quantitative estimate of drug-likeness (QED) is 0.494. The topological polar surface area (TPSA) is 26.7 Å². The number of rotatable bonds is 5. The van der Waals surface area contributed by atoms with Crippen LogP contribution in [0.25, 0.3) is 6.08 Å². The number of fused-ring (bicyclic) bond motifs is 1. The van der Waals surface area contributed by atoms with Gasteiger partial charge >= 0.3 is 0 Å². The molecule has 0 unspecified atom stereocenters. The minimum absolute atomic E-state index is 0.241. The number of hydrogen-bond acceptors (Lipinski definition) is 3. The van der Waals surface area contributed by atoms with Crippen molar-refractivity contribution in [2.75, 3.05) is 38.6 Å². The third kappa shape index (κ3) is 5.20. The normalized spacial score (nSPS) is 16.8. The van der Waals surface area contributed by atoms with Crippen molar-refractivity contribution < 1.29 is 5.11 Å². The van der Waals surface area contributed by atoms with Crippen molar-refractivity contribution in [1.82, 2.24) is 4.90 Å². The second-order valence-corrected chi connectivity index (χ2v) is 9.22. The van der Waals surface area contributed by atoms with Gasteiger partial charge in [0.25, 0.3) is 0 Å². The molecule has 1 aliphatic rings. The Labute approximate surface area is 193 Å². The van der Waals surface area contributed by atoms with E-state index in [1.165, 1.54) is 27.9 Å². The van der Waals surface area contributed by atoms with E-state index in [-0.39, 0.29) is 5.92 Å². The largest absolute Gasteiger partial charge is 0.507 e. The second-order valence-electron chi connectivity index (χ2n) is 8.36. The van der Waals surface area contributed by atoms with E-state index in [2.05, 4.69) is 113 Å². The lowest BCUT2D eigenvalue weighted by molar-refractivity contribution is 0.306. The fraction of sp³-hybridized carbons (Fsp3) is 0.259. The third-order valence-corrected chi connectivity index (χ3v) is 6.64. The molecule has 0 aliphatic carbocycles. The predicted molar refractivity (Wildman–Crippen MR) is 134 cm³/mol. The molecule has 0 saturated heterocycles. The maximum absolute atomic E-state index is 10.3. The number of aromatic hydroxyl groups is 1. The number of benzene rings is 3. The maximum Gasteiger partial charge on any atom is 0.130 e. The average molecular weight is 477 g/mol. The first kappa shape index (κ1) is 21.7. The number of nitrogens with zero attached hydrogens (tertiary/aromatic N) is 2. The minimum atomic E-state index is 0.241. The zero-order chi connectivity index (χ0) is 21.8. The molecule has 0 spiro atoms. The summed E-state index contributed by atoms with van der Waals surface area (Å²) in [5, 5.41) is 10.3. The first-order valence-corrected chi connectivity index (χ1v) is 11.5. The molecule has 31 heavy (non-hydrogen) atoms. The number of hydrogen-bond donors (Lipinski definition) is 1. The van der Waals surface area contributed by atoms with Gasteiger partial charge in [0, 0.05) is 45.3 Å². The summed E-state index contributed by atoms with van der Waals surface area (Å²) in [6.45, 7) is 2.83. The summed E-state index contributed by atoms with van der Waals surface area (Å²) >= 11 is 3.50. The van der Waals surface area contributed by atoms with E-state index in [9.17, 15) is 5.11 Å². The van der Waals surface area contributed by atoms with Gasteiger partial charge in [0.15, 0.2) is 0 Å². The van der Waals surface area contributed by atoms with E-state index >= 15 is 0 Å². The van der Waals surface area contributed by atoms with Crippen LogP contribution in [0.2, 0.25) is 0 Å². The highest BCUT2D eigenvalue weighted by Gasteiger charge is 2.25. The van der Waals surface area contributed by atoms with Gasteiger partial charge in [-0.1, -0.05) is 54.6 Å². The lowest BCUT2D eigenvalue weighted by Crippen LogP contribution is -2.29. The van der Waals surface area contributed by atoms with Gasteiger partial charge in [-0.3, -0.25) is 4.90 Å². The van der Waals surface area contributed by atoms with Crippen LogP contribution >= 0.6 is 15.9 Å². The van der Waals surface area contributed by atoms with E-state index in [1.807, 2.05) is 6.07 Å². The Morgan fingerprint density at radius 3 is 2.52 bits per heavy atom. The van der Waals surface area contributed by atoms with E-state index in [0.29, 0.717) is 5.75 Å². The standard InChI is InChI=1S/C27H29BrN2O/c1-29(2)23-12-10-20(11-13-23)7-6-15-30-16-14-22-17-26(28)27(31)18-24(22)25(19-30)21-8-4-3-5-9-21/h3-13,17-18,25,31H,14-16,19H2,1-2H3/b7-6+/t25-/m1/s1. The van der Waals surface area contributed by atoms with Gasteiger partial charge in [0.05, 0.1) is 4.47 Å². The smallest absolute Gasteiger partial charge is 0.130 e. The summed E-state index contributed by atoms with van der Waals surface area (Å²) in [4.78, 5) is 4.62. The van der Waals surface area contributed by atoms with Gasteiger partial charge in [-0.05, 0) is 68.9 Å². The number of halogens is 1. The number of anilines is 1. The van der Waals surface area contributed by atoms with Crippen molar-refractivity contribution in [3.05, 3.63) is 99.5 Å². The predicted octanol–water partition coefficient (Wildman–Crippen LogP) is 5.92. The molecule has 0 aromatic heterocycles. The van der Waals surface area contributed by atoms with Crippen LogP contribution in [0.1, 0.15) is 28.2 Å². The van der Waals surface area contributed by atoms with Crippen molar-refractivity contribution in [2.24, 2.45) is 0 Å². The molecular weight excluding hydrogens is 448 g/mol. The van der Waals surface area contributed by atoms with Crippen LogP contribution in [-0.2, 0) is 6.42 Å². The summed E-state index contributed by atoms with van der Waals surface area (Å²) in [6, 6.07) is 23.3. The SMILES string of the molecule is CN(C)c1ccc(/C=C/CN2CCc3cc(Br)c(O)cc3[C@@H](c3ccccc3)C2)cc1. The molecule has 0 amide bonds. The molecule has 1 heterocycles. The van der Waals surface area contributed by atoms with Crippen LogP contribution in [0.15, 0.2) is 77.3 Å². The molecule has 4 heteroatoms. The highest BCUT2D eigenvalue weighted by atomic mass is 79.9. The van der Waals surface area contributed by atoms with Crippen molar-refractivity contribution in [3.63, 3.8) is 0 Å². The summed E-state index contributed by atoms with van der Waals surface area (Å²) in [5.41, 5.74) is 6.27. The number of phenolic OH excluding ortho intramolecular Hbond substituents is 1. The van der Waals surface area contributed by atoms with Gasteiger partial charge in [0.1, 0.15) is 5.75 Å².